The zero-order chi connectivity index (χ0) is 20.1. The fourth-order valence-corrected chi connectivity index (χ4v) is 3.62. The third kappa shape index (κ3) is 4.79. The van der Waals surface area contributed by atoms with Gasteiger partial charge in [-0.2, -0.15) is 0 Å². The Morgan fingerprint density at radius 3 is 2.93 bits per heavy atom. The fraction of sp³-hybridized carbons (Fsp3) is 0.450. The number of hydrogen-bond donors (Lipinski definition) is 2. The molecule has 7 nitrogen and oxygen atoms in total. The number of carbonyl (C=O) groups is 1. The molecule has 1 amide bonds. The second-order valence-electron chi connectivity index (χ2n) is 6.96. The molecule has 1 aliphatic heterocycles. The number of likely N-dealkylation sites (tertiary alicyclic amines) is 1. The Morgan fingerprint density at radius 2 is 2.25 bits per heavy atom. The van der Waals surface area contributed by atoms with E-state index in [1.54, 1.807) is 25.4 Å². The van der Waals surface area contributed by atoms with Gasteiger partial charge in [-0.25, -0.2) is 9.97 Å². The van der Waals surface area contributed by atoms with Gasteiger partial charge in [-0.15, -0.1) is 0 Å². The second kappa shape index (κ2) is 9.32. The summed E-state index contributed by atoms with van der Waals surface area (Å²) in [7, 11) is 1.54. The monoisotopic (exact) mass is 404 g/mol. The molecule has 1 fully saturated rings. The van der Waals surface area contributed by atoms with Gasteiger partial charge >= 0.3 is 0 Å². The zero-order valence-electron chi connectivity index (χ0n) is 16.1. The molecule has 3 heterocycles. The molecule has 0 radical (unpaired) electrons. The topological polar surface area (TPSA) is 87.6 Å². The van der Waals surface area contributed by atoms with Crippen LogP contribution >= 0.6 is 11.6 Å². The van der Waals surface area contributed by atoms with Gasteiger partial charge in [-0.05, 0) is 56.0 Å². The van der Waals surface area contributed by atoms with E-state index < -0.39 is 0 Å². The highest BCUT2D eigenvalue weighted by atomic mass is 35.5. The molecule has 0 aromatic carbocycles. The first kappa shape index (κ1) is 20.5. The fourth-order valence-electron chi connectivity index (χ4n) is 3.51. The van der Waals surface area contributed by atoms with Crippen molar-refractivity contribution in [3.8, 4) is 5.88 Å². The lowest BCUT2D eigenvalue weighted by atomic mass is 9.90. The van der Waals surface area contributed by atoms with Gasteiger partial charge in [0.25, 0.3) is 0 Å². The Balaban J connectivity index is 1.66. The van der Waals surface area contributed by atoms with Crippen LogP contribution in [0.25, 0.3) is 0 Å². The number of nitrogens with one attached hydrogen (secondary N) is 1. The lowest BCUT2D eigenvalue weighted by Gasteiger charge is -2.36. The van der Waals surface area contributed by atoms with E-state index in [1.165, 1.54) is 6.20 Å². The van der Waals surface area contributed by atoms with Gasteiger partial charge in [0.2, 0.25) is 11.8 Å². The zero-order valence-corrected chi connectivity index (χ0v) is 16.8. The van der Waals surface area contributed by atoms with Crippen LogP contribution in [0.15, 0.2) is 30.6 Å². The summed E-state index contributed by atoms with van der Waals surface area (Å²) in [5, 5.41) is 12.9. The number of halogens is 1. The Morgan fingerprint density at radius 1 is 1.43 bits per heavy atom. The molecule has 8 heteroatoms. The van der Waals surface area contributed by atoms with Crippen molar-refractivity contribution < 1.29 is 14.6 Å². The number of carbonyl (C=O) groups excluding carboxylic acids is 1. The first-order chi connectivity index (χ1) is 13.5. The maximum Gasteiger partial charge on any atom is 0.242 e. The lowest BCUT2D eigenvalue weighted by molar-refractivity contribution is -0.121. The van der Waals surface area contributed by atoms with Crippen molar-refractivity contribution in [3.63, 3.8) is 0 Å². The Hall–Kier alpha value is -2.22. The van der Waals surface area contributed by atoms with Crippen molar-refractivity contribution in [1.29, 1.82) is 0 Å². The summed E-state index contributed by atoms with van der Waals surface area (Å²) in [5.41, 5.74) is 1.73. The number of ether oxygens (including phenoxy) is 1. The third-order valence-corrected chi connectivity index (χ3v) is 5.36. The summed E-state index contributed by atoms with van der Waals surface area (Å²) >= 11 is 5.84. The van der Waals surface area contributed by atoms with Gasteiger partial charge in [0, 0.05) is 24.5 Å². The Kier molecular flexibility index (Phi) is 6.83. The maximum absolute atomic E-state index is 12.6. The van der Waals surface area contributed by atoms with Gasteiger partial charge in [0.05, 0.1) is 24.8 Å². The van der Waals surface area contributed by atoms with Crippen LogP contribution in [-0.2, 0) is 11.4 Å². The normalized spacial score (nSPS) is 18.5. The van der Waals surface area contributed by atoms with Crippen molar-refractivity contribution in [2.24, 2.45) is 0 Å². The molecule has 2 N–H and O–H groups in total. The SMILES string of the molecule is COc1ncc(C2CCCN([C@@H](C)C(=O)Nc3ccc(Cl)cn3)C2)cc1CO. The summed E-state index contributed by atoms with van der Waals surface area (Å²) in [5.74, 6) is 1.09. The molecule has 0 bridgehead atoms. The summed E-state index contributed by atoms with van der Waals surface area (Å²) < 4.78 is 5.18. The minimum atomic E-state index is -0.288. The summed E-state index contributed by atoms with van der Waals surface area (Å²) in [4.78, 5) is 23.2. The van der Waals surface area contributed by atoms with Crippen molar-refractivity contribution in [2.45, 2.75) is 38.3 Å². The molecule has 2 aromatic heterocycles. The molecule has 150 valence electrons. The highest BCUT2D eigenvalue weighted by Gasteiger charge is 2.29. The minimum absolute atomic E-state index is 0.0978. The predicted molar refractivity (Wildman–Crippen MR) is 108 cm³/mol. The summed E-state index contributed by atoms with van der Waals surface area (Å²) in [6, 6.07) is 5.04. The molecule has 2 aromatic rings. The van der Waals surface area contributed by atoms with Crippen molar-refractivity contribution in [1.82, 2.24) is 14.9 Å². The van der Waals surface area contributed by atoms with Crippen LogP contribution in [0, 0.1) is 0 Å². The van der Waals surface area contributed by atoms with Crippen LogP contribution in [0.2, 0.25) is 5.02 Å². The first-order valence-corrected chi connectivity index (χ1v) is 9.69. The molecule has 2 atom stereocenters. The molecular formula is C20H25ClN4O3. The maximum atomic E-state index is 12.6. The highest BCUT2D eigenvalue weighted by Crippen LogP contribution is 2.30. The average molecular weight is 405 g/mol. The predicted octanol–water partition coefficient (Wildman–Crippen LogP) is 2.84. The third-order valence-electron chi connectivity index (χ3n) is 5.14. The molecule has 1 aliphatic rings. The number of rotatable bonds is 6. The van der Waals surface area contributed by atoms with Crippen LogP contribution < -0.4 is 10.1 Å². The summed E-state index contributed by atoms with van der Waals surface area (Å²) in [6.07, 6.45) is 5.31. The molecule has 1 saturated heterocycles. The number of aliphatic hydroxyl groups is 1. The van der Waals surface area contributed by atoms with E-state index in [2.05, 4.69) is 20.2 Å². The molecule has 0 spiro atoms. The summed E-state index contributed by atoms with van der Waals surface area (Å²) in [6.45, 7) is 3.39. The van der Waals surface area contributed by atoms with E-state index in [1.807, 2.05) is 13.0 Å². The van der Waals surface area contributed by atoms with Gasteiger partial charge in [-0.1, -0.05) is 11.6 Å². The van der Waals surface area contributed by atoms with Crippen LogP contribution in [-0.4, -0.2) is 52.1 Å². The standard InChI is InChI=1S/C20H25ClN4O3/c1-13(19(27)24-18-6-5-17(21)10-22-18)25-7-3-4-14(11-25)15-8-16(12-26)20(28-2)23-9-15/h5-6,8-10,13-14,26H,3-4,7,11-12H2,1-2H3,(H,22,24,27)/t13-,14?/m0/s1. The smallest absolute Gasteiger partial charge is 0.242 e. The number of aliphatic hydroxyl groups excluding tert-OH is 1. The Bertz CT molecular complexity index is 816. The lowest BCUT2D eigenvalue weighted by Crippen LogP contribution is -2.46. The Labute approximate surface area is 169 Å². The number of hydrogen-bond acceptors (Lipinski definition) is 6. The number of aromatic nitrogens is 2. The van der Waals surface area contributed by atoms with Crippen LogP contribution in [0.5, 0.6) is 5.88 Å². The number of methoxy groups -OCH3 is 1. The number of amides is 1. The van der Waals surface area contributed by atoms with E-state index in [4.69, 9.17) is 16.3 Å². The molecule has 0 aliphatic carbocycles. The molecule has 0 saturated carbocycles. The second-order valence-corrected chi connectivity index (χ2v) is 7.39. The van der Waals surface area contributed by atoms with Crippen molar-refractivity contribution in [3.05, 3.63) is 46.7 Å². The van der Waals surface area contributed by atoms with Gasteiger partial charge in [0.15, 0.2) is 0 Å². The van der Waals surface area contributed by atoms with E-state index in [0.717, 1.165) is 31.5 Å². The van der Waals surface area contributed by atoms with Crippen molar-refractivity contribution >= 4 is 23.3 Å². The highest BCUT2D eigenvalue weighted by molar-refractivity contribution is 6.30. The quantitative estimate of drug-likeness (QED) is 0.769. The van der Waals surface area contributed by atoms with Crippen LogP contribution in [0.4, 0.5) is 5.82 Å². The van der Waals surface area contributed by atoms with Crippen LogP contribution in [0.3, 0.4) is 0 Å². The largest absolute Gasteiger partial charge is 0.481 e. The van der Waals surface area contributed by atoms with Gasteiger partial charge < -0.3 is 15.2 Å². The minimum Gasteiger partial charge on any atom is -0.481 e. The number of nitrogens with zero attached hydrogens (tertiary/aromatic N) is 3. The van der Waals surface area contributed by atoms with E-state index in [0.29, 0.717) is 22.3 Å². The molecular weight excluding hydrogens is 380 g/mol. The first-order valence-electron chi connectivity index (χ1n) is 9.32. The van der Waals surface area contributed by atoms with Gasteiger partial charge in [-0.3, -0.25) is 9.69 Å². The van der Waals surface area contributed by atoms with E-state index >= 15 is 0 Å². The van der Waals surface area contributed by atoms with Crippen LogP contribution in [0.1, 0.15) is 36.8 Å². The van der Waals surface area contributed by atoms with Gasteiger partial charge in [0.1, 0.15) is 5.82 Å². The number of piperidine rings is 1. The molecule has 28 heavy (non-hydrogen) atoms. The average Bonchev–Trinajstić information content (AvgIpc) is 2.74. The van der Waals surface area contributed by atoms with Crippen molar-refractivity contribution in [2.75, 3.05) is 25.5 Å². The van der Waals surface area contributed by atoms with E-state index in [9.17, 15) is 9.90 Å². The van der Waals surface area contributed by atoms with E-state index in [-0.39, 0.29) is 24.5 Å². The molecule has 3 rings (SSSR count). The number of pyridine rings is 2. The molecule has 1 unspecified atom stereocenters. The number of anilines is 1.